The van der Waals surface area contributed by atoms with E-state index in [1.807, 2.05) is 34.9 Å². The van der Waals surface area contributed by atoms with Gasteiger partial charge in [0.1, 0.15) is 0 Å². The predicted molar refractivity (Wildman–Crippen MR) is 120 cm³/mol. The number of rotatable bonds is 11. The molecule has 2 aromatic heterocycles. The number of hydrogen-bond acceptors (Lipinski definition) is 4. The molecule has 0 aliphatic carbocycles. The third kappa shape index (κ3) is 5.41. The van der Waals surface area contributed by atoms with E-state index in [0.717, 1.165) is 22.9 Å². The van der Waals surface area contributed by atoms with Crippen molar-refractivity contribution in [2.24, 2.45) is 7.05 Å². The molecule has 0 bridgehead atoms. The molecule has 0 saturated heterocycles. The monoisotopic (exact) mass is 414 g/mol. The van der Waals surface area contributed by atoms with E-state index < -0.39 is 5.69 Å². The van der Waals surface area contributed by atoms with Crippen LogP contribution in [-0.2, 0) is 13.6 Å². The van der Waals surface area contributed by atoms with Gasteiger partial charge in [-0.25, -0.2) is 9.78 Å². The van der Waals surface area contributed by atoms with Crippen LogP contribution in [0.3, 0.4) is 0 Å². The van der Waals surface area contributed by atoms with E-state index in [-0.39, 0.29) is 5.56 Å². The highest BCUT2D eigenvalue weighted by Crippen LogP contribution is 2.24. The molecule has 0 saturated carbocycles. The van der Waals surface area contributed by atoms with E-state index in [0.29, 0.717) is 17.7 Å². The van der Waals surface area contributed by atoms with E-state index in [2.05, 4.69) is 16.9 Å². The Hall–Kier alpha value is -2.28. The first kappa shape index (κ1) is 21.4. The molecule has 1 N–H and O–H groups in total. The summed E-state index contributed by atoms with van der Waals surface area (Å²) in [6, 6.07) is 10.0. The lowest BCUT2D eigenvalue weighted by Gasteiger charge is -2.09. The first-order valence-corrected chi connectivity index (χ1v) is 11.5. The van der Waals surface area contributed by atoms with Crippen molar-refractivity contribution in [2.45, 2.75) is 63.6 Å². The average Bonchev–Trinajstić information content (AvgIpc) is 3.08. The molecular formula is C22H30N4O2S. The lowest BCUT2D eigenvalue weighted by molar-refractivity contribution is 0.603. The zero-order valence-electron chi connectivity index (χ0n) is 17.3. The van der Waals surface area contributed by atoms with Crippen LogP contribution in [0.25, 0.3) is 11.2 Å². The van der Waals surface area contributed by atoms with E-state index >= 15 is 0 Å². The Morgan fingerprint density at radius 1 is 1.00 bits per heavy atom. The van der Waals surface area contributed by atoms with Crippen LogP contribution in [0.4, 0.5) is 0 Å². The number of aryl methyl sites for hydroxylation is 1. The van der Waals surface area contributed by atoms with Crippen LogP contribution in [0, 0.1) is 0 Å². The smallest absolute Gasteiger partial charge is 0.309 e. The standard InChI is InChI=1S/C22H30N4O2S/c1-3-4-5-6-7-8-12-15-29-22-23-19-18(20(27)24-21(28)25(19)2)26(22)16-17-13-10-9-11-14-17/h9-11,13-14H,3-8,12,15-16H2,1-2H3,(H,24,27,28). The summed E-state index contributed by atoms with van der Waals surface area (Å²) >= 11 is 1.67. The number of fused-ring (bicyclic) bond motifs is 1. The Morgan fingerprint density at radius 3 is 2.41 bits per heavy atom. The molecule has 0 unspecified atom stereocenters. The largest absolute Gasteiger partial charge is 0.329 e. The van der Waals surface area contributed by atoms with Crippen molar-refractivity contribution >= 4 is 22.9 Å². The van der Waals surface area contributed by atoms with Crippen LogP contribution in [0.1, 0.15) is 57.4 Å². The van der Waals surface area contributed by atoms with E-state index in [4.69, 9.17) is 0 Å². The van der Waals surface area contributed by atoms with Crippen molar-refractivity contribution in [3.8, 4) is 0 Å². The summed E-state index contributed by atoms with van der Waals surface area (Å²) in [4.78, 5) is 31.6. The molecule has 3 aromatic rings. The molecule has 0 aliphatic rings. The van der Waals surface area contributed by atoms with Gasteiger partial charge in [-0.2, -0.15) is 0 Å². The Kier molecular flexibility index (Phi) is 7.75. The summed E-state index contributed by atoms with van der Waals surface area (Å²) in [5.74, 6) is 0.956. The number of nitrogens with one attached hydrogen (secondary N) is 1. The fourth-order valence-electron chi connectivity index (χ4n) is 3.46. The van der Waals surface area contributed by atoms with Gasteiger partial charge >= 0.3 is 5.69 Å². The zero-order valence-corrected chi connectivity index (χ0v) is 18.1. The van der Waals surface area contributed by atoms with E-state index in [1.54, 1.807) is 18.8 Å². The van der Waals surface area contributed by atoms with Crippen molar-refractivity contribution in [2.75, 3.05) is 5.75 Å². The number of H-pyrrole nitrogens is 1. The minimum Gasteiger partial charge on any atom is -0.309 e. The van der Waals surface area contributed by atoms with Crippen LogP contribution < -0.4 is 11.2 Å². The van der Waals surface area contributed by atoms with Crippen LogP contribution >= 0.6 is 11.8 Å². The maximum atomic E-state index is 12.5. The number of imidazole rings is 1. The summed E-state index contributed by atoms with van der Waals surface area (Å²) < 4.78 is 3.35. The number of nitrogens with zero attached hydrogens (tertiary/aromatic N) is 3. The fourth-order valence-corrected chi connectivity index (χ4v) is 4.45. The molecule has 0 aliphatic heterocycles. The molecule has 29 heavy (non-hydrogen) atoms. The Labute approximate surface area is 175 Å². The summed E-state index contributed by atoms with van der Waals surface area (Å²) in [7, 11) is 1.64. The van der Waals surface area contributed by atoms with Gasteiger partial charge in [-0.3, -0.25) is 14.3 Å². The Balaban J connectivity index is 1.77. The second kappa shape index (κ2) is 10.5. The second-order valence-electron chi connectivity index (χ2n) is 7.43. The first-order chi connectivity index (χ1) is 14.1. The Morgan fingerprint density at radius 2 is 1.69 bits per heavy atom. The normalized spacial score (nSPS) is 11.4. The molecular weight excluding hydrogens is 384 g/mol. The molecule has 3 rings (SSSR count). The second-order valence-corrected chi connectivity index (χ2v) is 8.49. The van der Waals surface area contributed by atoms with Crippen LogP contribution in [0.15, 0.2) is 45.1 Å². The number of aromatic nitrogens is 4. The molecule has 2 heterocycles. The summed E-state index contributed by atoms with van der Waals surface area (Å²) in [6.45, 7) is 2.79. The van der Waals surface area contributed by atoms with Crippen molar-refractivity contribution in [1.29, 1.82) is 0 Å². The van der Waals surface area contributed by atoms with Gasteiger partial charge in [-0.15, -0.1) is 0 Å². The minimum atomic E-state index is -0.435. The quantitative estimate of drug-likeness (QED) is 0.375. The van der Waals surface area contributed by atoms with Gasteiger partial charge in [-0.1, -0.05) is 87.5 Å². The molecule has 0 fully saturated rings. The molecule has 6 nitrogen and oxygen atoms in total. The zero-order chi connectivity index (χ0) is 20.6. The van der Waals surface area contributed by atoms with Gasteiger partial charge < -0.3 is 4.57 Å². The van der Waals surface area contributed by atoms with Crippen molar-refractivity contribution < 1.29 is 0 Å². The van der Waals surface area contributed by atoms with Gasteiger partial charge in [-0.05, 0) is 12.0 Å². The third-order valence-corrected chi connectivity index (χ3v) is 6.20. The number of thioether (sulfide) groups is 1. The van der Waals surface area contributed by atoms with Crippen molar-refractivity contribution in [1.82, 2.24) is 19.1 Å². The number of unbranched alkanes of at least 4 members (excludes halogenated alkanes) is 6. The van der Waals surface area contributed by atoms with Gasteiger partial charge in [0, 0.05) is 12.8 Å². The minimum absolute atomic E-state index is 0.380. The molecule has 0 amide bonds. The highest BCUT2D eigenvalue weighted by Gasteiger charge is 2.17. The average molecular weight is 415 g/mol. The maximum absolute atomic E-state index is 12.5. The molecule has 156 valence electrons. The molecule has 0 spiro atoms. The topological polar surface area (TPSA) is 72.7 Å². The third-order valence-electron chi connectivity index (χ3n) is 5.13. The molecule has 0 radical (unpaired) electrons. The summed E-state index contributed by atoms with van der Waals surface area (Å²) in [5.41, 5.74) is 1.18. The molecule has 0 atom stereocenters. The number of hydrogen-bond donors (Lipinski definition) is 1. The maximum Gasteiger partial charge on any atom is 0.329 e. The number of benzene rings is 1. The van der Waals surface area contributed by atoms with Crippen LogP contribution in [-0.4, -0.2) is 24.9 Å². The molecule has 7 heteroatoms. The Bertz CT molecular complexity index is 1040. The molecule has 1 aromatic carbocycles. The van der Waals surface area contributed by atoms with Crippen LogP contribution in [0.5, 0.6) is 0 Å². The van der Waals surface area contributed by atoms with Crippen molar-refractivity contribution in [3.05, 3.63) is 56.7 Å². The van der Waals surface area contributed by atoms with Gasteiger partial charge in [0.05, 0.1) is 6.54 Å². The highest BCUT2D eigenvalue weighted by molar-refractivity contribution is 7.99. The SMILES string of the molecule is CCCCCCCCCSc1nc2c(c(=O)[nH]c(=O)n2C)n1Cc1ccccc1. The van der Waals surface area contributed by atoms with Crippen LogP contribution in [0.2, 0.25) is 0 Å². The summed E-state index contributed by atoms with van der Waals surface area (Å²) in [6.07, 6.45) is 8.85. The lowest BCUT2D eigenvalue weighted by atomic mass is 10.1. The van der Waals surface area contributed by atoms with E-state index in [9.17, 15) is 9.59 Å². The lowest BCUT2D eigenvalue weighted by Crippen LogP contribution is -2.29. The van der Waals surface area contributed by atoms with Gasteiger partial charge in [0.2, 0.25) is 0 Å². The fraction of sp³-hybridized carbons (Fsp3) is 0.500. The van der Waals surface area contributed by atoms with Crippen molar-refractivity contribution in [3.63, 3.8) is 0 Å². The van der Waals surface area contributed by atoms with E-state index in [1.165, 1.54) is 43.1 Å². The first-order valence-electron chi connectivity index (χ1n) is 10.5. The van der Waals surface area contributed by atoms with Gasteiger partial charge in [0.15, 0.2) is 16.3 Å². The summed E-state index contributed by atoms with van der Waals surface area (Å²) in [5, 5.41) is 0.793. The van der Waals surface area contributed by atoms with Gasteiger partial charge in [0.25, 0.3) is 5.56 Å². The number of aromatic amines is 1. The predicted octanol–water partition coefficient (Wildman–Crippen LogP) is 4.31. The highest BCUT2D eigenvalue weighted by atomic mass is 32.2.